The Kier molecular flexibility index (Phi) is 5.92. The van der Waals surface area contributed by atoms with E-state index in [-0.39, 0.29) is 18.1 Å². The largest absolute Gasteiger partial charge is 0.394 e. The van der Waals surface area contributed by atoms with Crippen molar-refractivity contribution in [3.05, 3.63) is 0 Å². The lowest BCUT2D eigenvalue weighted by Gasteiger charge is -2.36. The predicted molar refractivity (Wildman–Crippen MR) is 68.8 cm³/mol. The molecule has 0 aliphatic heterocycles. The van der Waals surface area contributed by atoms with Gasteiger partial charge in [0.25, 0.3) is 0 Å². The number of amides is 1. The summed E-state index contributed by atoms with van der Waals surface area (Å²) in [5.41, 5.74) is -0.215. The summed E-state index contributed by atoms with van der Waals surface area (Å²) in [6.07, 6.45) is 5.47. The van der Waals surface area contributed by atoms with Gasteiger partial charge in [0.15, 0.2) is 0 Å². The summed E-state index contributed by atoms with van der Waals surface area (Å²) in [4.78, 5) is 11.6. The van der Waals surface area contributed by atoms with E-state index in [0.29, 0.717) is 19.0 Å². The molecule has 0 atom stereocenters. The monoisotopic (exact) mass is 242 g/mol. The number of rotatable bonds is 6. The molecule has 1 amide bonds. The van der Waals surface area contributed by atoms with Crippen LogP contribution in [0.4, 0.5) is 0 Å². The first-order chi connectivity index (χ1) is 8.08. The van der Waals surface area contributed by atoms with Gasteiger partial charge in [-0.3, -0.25) is 4.79 Å². The summed E-state index contributed by atoms with van der Waals surface area (Å²) in [5.74, 6) is 0.498. The molecule has 0 radical (unpaired) electrons. The quantitative estimate of drug-likeness (QED) is 0.652. The van der Waals surface area contributed by atoms with Gasteiger partial charge in [-0.15, -0.1) is 0 Å². The minimum absolute atomic E-state index is 0.0251. The predicted octanol–water partition coefficient (Wildman–Crippen LogP) is 1.04. The highest BCUT2D eigenvalue weighted by atomic mass is 16.3. The zero-order valence-corrected chi connectivity index (χ0v) is 11.1. The third kappa shape index (κ3) is 5.04. The lowest BCUT2D eigenvalue weighted by atomic mass is 9.82. The van der Waals surface area contributed by atoms with Gasteiger partial charge in [-0.2, -0.15) is 0 Å². The molecule has 0 saturated heterocycles. The average molecular weight is 242 g/mol. The van der Waals surface area contributed by atoms with Gasteiger partial charge in [0.1, 0.15) is 0 Å². The third-order valence-electron chi connectivity index (χ3n) is 3.44. The highest BCUT2D eigenvalue weighted by molar-refractivity contribution is 5.78. The molecular weight excluding hydrogens is 216 g/mol. The first kappa shape index (κ1) is 14.5. The summed E-state index contributed by atoms with van der Waals surface area (Å²) < 4.78 is 0. The molecule has 0 unspecified atom stereocenters. The summed E-state index contributed by atoms with van der Waals surface area (Å²) >= 11 is 0. The zero-order chi connectivity index (χ0) is 12.7. The first-order valence-electron chi connectivity index (χ1n) is 6.70. The van der Waals surface area contributed by atoms with Gasteiger partial charge < -0.3 is 15.7 Å². The Labute approximate surface area is 104 Å². The fourth-order valence-electron chi connectivity index (χ4n) is 2.27. The molecule has 3 N–H and O–H groups in total. The second-order valence-corrected chi connectivity index (χ2v) is 5.55. The SMILES string of the molecule is CC(C)CNC(=O)CNC1(CO)CCCCC1. The van der Waals surface area contributed by atoms with E-state index in [9.17, 15) is 9.90 Å². The van der Waals surface area contributed by atoms with E-state index >= 15 is 0 Å². The van der Waals surface area contributed by atoms with Crippen LogP contribution in [0.1, 0.15) is 46.0 Å². The highest BCUT2D eigenvalue weighted by Gasteiger charge is 2.31. The molecule has 17 heavy (non-hydrogen) atoms. The fraction of sp³-hybridized carbons (Fsp3) is 0.923. The zero-order valence-electron chi connectivity index (χ0n) is 11.1. The standard InChI is InChI=1S/C13H26N2O2/c1-11(2)8-14-12(17)9-15-13(10-16)6-4-3-5-7-13/h11,15-16H,3-10H2,1-2H3,(H,14,17). The molecule has 1 rings (SSSR count). The molecular formula is C13H26N2O2. The van der Waals surface area contributed by atoms with Crippen LogP contribution in [-0.4, -0.2) is 36.2 Å². The van der Waals surface area contributed by atoms with Gasteiger partial charge in [-0.05, 0) is 18.8 Å². The lowest BCUT2D eigenvalue weighted by Crippen LogP contribution is -2.53. The second kappa shape index (κ2) is 6.97. The number of carbonyl (C=O) groups is 1. The van der Waals surface area contributed by atoms with Crippen molar-refractivity contribution in [2.24, 2.45) is 5.92 Å². The minimum Gasteiger partial charge on any atom is -0.394 e. The average Bonchev–Trinajstić information content (AvgIpc) is 2.35. The molecule has 4 heteroatoms. The molecule has 0 heterocycles. The van der Waals surface area contributed by atoms with Crippen LogP contribution in [0.5, 0.6) is 0 Å². The number of aliphatic hydroxyl groups is 1. The van der Waals surface area contributed by atoms with E-state index in [1.807, 2.05) is 0 Å². The van der Waals surface area contributed by atoms with E-state index in [0.717, 1.165) is 25.7 Å². The van der Waals surface area contributed by atoms with Gasteiger partial charge in [-0.1, -0.05) is 33.1 Å². The van der Waals surface area contributed by atoms with E-state index in [1.54, 1.807) is 0 Å². The number of hydrogen-bond acceptors (Lipinski definition) is 3. The Bertz CT molecular complexity index is 236. The molecule has 0 aromatic rings. The number of aliphatic hydroxyl groups excluding tert-OH is 1. The van der Waals surface area contributed by atoms with E-state index in [1.165, 1.54) is 6.42 Å². The Morgan fingerprint density at radius 1 is 1.29 bits per heavy atom. The van der Waals surface area contributed by atoms with Crippen molar-refractivity contribution in [2.45, 2.75) is 51.5 Å². The van der Waals surface area contributed by atoms with Crippen LogP contribution < -0.4 is 10.6 Å². The molecule has 1 fully saturated rings. The van der Waals surface area contributed by atoms with Crippen molar-refractivity contribution in [2.75, 3.05) is 19.7 Å². The fourth-order valence-corrected chi connectivity index (χ4v) is 2.27. The van der Waals surface area contributed by atoms with Crippen molar-refractivity contribution in [3.63, 3.8) is 0 Å². The summed E-state index contributed by atoms with van der Waals surface area (Å²) in [5, 5.41) is 15.6. The molecule has 0 spiro atoms. The Hall–Kier alpha value is -0.610. The van der Waals surface area contributed by atoms with E-state index < -0.39 is 0 Å². The topological polar surface area (TPSA) is 61.4 Å². The summed E-state index contributed by atoms with van der Waals surface area (Å²) in [6, 6.07) is 0. The summed E-state index contributed by atoms with van der Waals surface area (Å²) in [7, 11) is 0. The minimum atomic E-state index is -0.215. The maximum Gasteiger partial charge on any atom is 0.233 e. The smallest absolute Gasteiger partial charge is 0.233 e. The lowest BCUT2D eigenvalue weighted by molar-refractivity contribution is -0.120. The molecule has 0 aromatic carbocycles. The first-order valence-corrected chi connectivity index (χ1v) is 6.70. The van der Waals surface area contributed by atoms with Crippen LogP contribution in [-0.2, 0) is 4.79 Å². The van der Waals surface area contributed by atoms with Gasteiger partial charge in [0.2, 0.25) is 5.91 Å². The molecule has 1 aliphatic carbocycles. The van der Waals surface area contributed by atoms with Crippen molar-refractivity contribution in [1.82, 2.24) is 10.6 Å². The maximum atomic E-state index is 11.6. The normalized spacial score (nSPS) is 19.3. The van der Waals surface area contributed by atoms with E-state index in [2.05, 4.69) is 24.5 Å². The molecule has 0 aromatic heterocycles. The number of nitrogens with one attached hydrogen (secondary N) is 2. The molecule has 0 bridgehead atoms. The van der Waals surface area contributed by atoms with Gasteiger partial charge >= 0.3 is 0 Å². The van der Waals surface area contributed by atoms with Crippen LogP contribution >= 0.6 is 0 Å². The van der Waals surface area contributed by atoms with Crippen molar-refractivity contribution in [1.29, 1.82) is 0 Å². The van der Waals surface area contributed by atoms with Crippen LogP contribution in [0, 0.1) is 5.92 Å². The number of hydrogen-bond donors (Lipinski definition) is 3. The Morgan fingerprint density at radius 3 is 2.47 bits per heavy atom. The van der Waals surface area contributed by atoms with Crippen LogP contribution in [0.15, 0.2) is 0 Å². The van der Waals surface area contributed by atoms with Gasteiger partial charge in [0, 0.05) is 12.1 Å². The highest BCUT2D eigenvalue weighted by Crippen LogP contribution is 2.27. The van der Waals surface area contributed by atoms with Crippen molar-refractivity contribution < 1.29 is 9.90 Å². The van der Waals surface area contributed by atoms with Gasteiger partial charge in [-0.25, -0.2) is 0 Å². The van der Waals surface area contributed by atoms with Gasteiger partial charge in [0.05, 0.1) is 13.2 Å². The molecule has 4 nitrogen and oxygen atoms in total. The van der Waals surface area contributed by atoms with Crippen molar-refractivity contribution in [3.8, 4) is 0 Å². The Balaban J connectivity index is 2.29. The molecule has 1 saturated carbocycles. The molecule has 100 valence electrons. The van der Waals surface area contributed by atoms with Crippen LogP contribution in [0.2, 0.25) is 0 Å². The Morgan fingerprint density at radius 2 is 1.94 bits per heavy atom. The van der Waals surface area contributed by atoms with Crippen molar-refractivity contribution >= 4 is 5.91 Å². The van der Waals surface area contributed by atoms with E-state index in [4.69, 9.17) is 0 Å². The van der Waals surface area contributed by atoms with Crippen LogP contribution in [0.25, 0.3) is 0 Å². The van der Waals surface area contributed by atoms with Crippen LogP contribution in [0.3, 0.4) is 0 Å². The maximum absolute atomic E-state index is 11.6. The molecule has 1 aliphatic rings. The second-order valence-electron chi connectivity index (χ2n) is 5.55. The number of carbonyl (C=O) groups excluding carboxylic acids is 1. The summed E-state index contributed by atoms with van der Waals surface area (Å²) in [6.45, 7) is 5.30. The third-order valence-corrected chi connectivity index (χ3v) is 3.44.